The summed E-state index contributed by atoms with van der Waals surface area (Å²) >= 11 is 0. The maximum absolute atomic E-state index is 11.7. The molecular weight excluding hydrogens is 195 g/mol. The topological polar surface area (TPSA) is 21.3 Å². The molecule has 0 aliphatic carbocycles. The van der Waals surface area contributed by atoms with E-state index < -0.39 is 12.8 Å². The average Bonchev–Trinajstić information content (AvgIpc) is 2.02. The predicted octanol–water partition coefficient (Wildman–Crippen LogP) is 2.20. The normalized spacial score (nSPS) is 14.4. The van der Waals surface area contributed by atoms with Crippen molar-refractivity contribution in [3.05, 3.63) is 0 Å². The van der Waals surface area contributed by atoms with E-state index in [0.717, 1.165) is 12.8 Å². The van der Waals surface area contributed by atoms with Crippen LogP contribution < -0.4 is 5.32 Å². The maximum Gasteiger partial charge on any atom is 0.411 e. The molecule has 0 fully saturated rings. The van der Waals surface area contributed by atoms with Gasteiger partial charge in [-0.1, -0.05) is 13.3 Å². The Hall–Kier alpha value is -0.290. The summed E-state index contributed by atoms with van der Waals surface area (Å²) in [6.07, 6.45) is -2.36. The summed E-state index contributed by atoms with van der Waals surface area (Å²) in [5.41, 5.74) is 0. The van der Waals surface area contributed by atoms with Crippen molar-refractivity contribution in [1.29, 1.82) is 0 Å². The van der Waals surface area contributed by atoms with Crippen molar-refractivity contribution in [2.24, 2.45) is 5.92 Å². The van der Waals surface area contributed by atoms with Crippen molar-refractivity contribution >= 4 is 0 Å². The first-order valence-electron chi connectivity index (χ1n) is 4.78. The molecule has 0 saturated heterocycles. The minimum absolute atomic E-state index is 0.173. The van der Waals surface area contributed by atoms with Crippen molar-refractivity contribution in [3.63, 3.8) is 0 Å². The highest BCUT2D eigenvalue weighted by molar-refractivity contribution is 4.60. The van der Waals surface area contributed by atoms with Gasteiger partial charge in [-0.3, -0.25) is 0 Å². The largest absolute Gasteiger partial charge is 0.411 e. The molecule has 1 N–H and O–H groups in total. The molecule has 5 heteroatoms. The molecule has 14 heavy (non-hydrogen) atoms. The van der Waals surface area contributed by atoms with Crippen LogP contribution in [0.15, 0.2) is 0 Å². The summed E-state index contributed by atoms with van der Waals surface area (Å²) < 4.78 is 39.8. The Morgan fingerprint density at radius 1 is 1.36 bits per heavy atom. The van der Waals surface area contributed by atoms with Crippen LogP contribution in [0, 0.1) is 5.92 Å². The van der Waals surface area contributed by atoms with Gasteiger partial charge in [-0.15, -0.1) is 0 Å². The summed E-state index contributed by atoms with van der Waals surface area (Å²) in [5, 5.41) is 2.94. The van der Waals surface area contributed by atoms with Crippen molar-refractivity contribution in [1.82, 2.24) is 5.32 Å². The number of ether oxygens (including phenoxy) is 1. The van der Waals surface area contributed by atoms with E-state index in [9.17, 15) is 13.2 Å². The molecule has 1 atom stereocenters. The van der Waals surface area contributed by atoms with Crippen LogP contribution in [0.25, 0.3) is 0 Å². The third-order valence-corrected chi connectivity index (χ3v) is 1.81. The highest BCUT2D eigenvalue weighted by Gasteiger charge is 2.27. The first-order chi connectivity index (χ1) is 6.49. The Morgan fingerprint density at radius 2 is 2.00 bits per heavy atom. The van der Waals surface area contributed by atoms with Gasteiger partial charge in [0.05, 0.1) is 6.61 Å². The summed E-state index contributed by atoms with van der Waals surface area (Å²) in [4.78, 5) is 0. The number of rotatable bonds is 7. The van der Waals surface area contributed by atoms with Gasteiger partial charge in [-0.2, -0.15) is 13.2 Å². The van der Waals surface area contributed by atoms with Gasteiger partial charge in [0.15, 0.2) is 0 Å². The van der Waals surface area contributed by atoms with Gasteiger partial charge in [-0.25, -0.2) is 0 Å². The second-order valence-corrected chi connectivity index (χ2v) is 3.34. The van der Waals surface area contributed by atoms with Crippen LogP contribution >= 0.6 is 0 Å². The van der Waals surface area contributed by atoms with E-state index in [4.69, 9.17) is 0 Å². The smallest absolute Gasteiger partial charge is 0.372 e. The molecule has 1 unspecified atom stereocenters. The molecule has 2 nitrogen and oxygen atoms in total. The first-order valence-corrected chi connectivity index (χ1v) is 4.78. The lowest BCUT2D eigenvalue weighted by Gasteiger charge is -2.16. The van der Waals surface area contributed by atoms with Crippen LogP contribution in [0.5, 0.6) is 0 Å². The molecule has 0 heterocycles. The number of hydrogen-bond acceptors (Lipinski definition) is 2. The molecule has 86 valence electrons. The van der Waals surface area contributed by atoms with Gasteiger partial charge in [0.1, 0.15) is 6.61 Å². The molecule has 0 aliphatic heterocycles. The van der Waals surface area contributed by atoms with Gasteiger partial charge < -0.3 is 10.1 Å². The zero-order valence-corrected chi connectivity index (χ0v) is 8.66. The molecule has 0 saturated carbocycles. The fourth-order valence-electron chi connectivity index (χ4n) is 1.28. The third-order valence-electron chi connectivity index (χ3n) is 1.81. The summed E-state index contributed by atoms with van der Waals surface area (Å²) in [7, 11) is 1.78. The summed E-state index contributed by atoms with van der Waals surface area (Å²) in [5.74, 6) is 0.173. The predicted molar refractivity (Wildman–Crippen MR) is 49.2 cm³/mol. The minimum atomic E-state index is -4.21. The SMILES string of the molecule is CCCC(CNC)COCC(F)(F)F. The van der Waals surface area contributed by atoms with Crippen molar-refractivity contribution in [3.8, 4) is 0 Å². The van der Waals surface area contributed by atoms with Crippen LogP contribution in [-0.4, -0.2) is 33.0 Å². The number of hydrogen-bond donors (Lipinski definition) is 1. The van der Waals surface area contributed by atoms with E-state index in [2.05, 4.69) is 10.1 Å². The molecule has 0 spiro atoms. The van der Waals surface area contributed by atoms with Gasteiger partial charge >= 0.3 is 6.18 Å². The summed E-state index contributed by atoms with van der Waals surface area (Å²) in [6.45, 7) is 1.74. The lowest BCUT2D eigenvalue weighted by atomic mass is 10.1. The van der Waals surface area contributed by atoms with Crippen LogP contribution in [0.4, 0.5) is 13.2 Å². The molecule has 0 bridgehead atoms. The van der Waals surface area contributed by atoms with E-state index in [-0.39, 0.29) is 12.5 Å². The number of halogens is 3. The van der Waals surface area contributed by atoms with Crippen LogP contribution in [0.1, 0.15) is 19.8 Å². The van der Waals surface area contributed by atoms with Gasteiger partial charge in [0, 0.05) is 0 Å². The van der Waals surface area contributed by atoms with E-state index in [0.29, 0.717) is 6.54 Å². The zero-order valence-electron chi connectivity index (χ0n) is 8.66. The van der Waals surface area contributed by atoms with Crippen LogP contribution in [0.2, 0.25) is 0 Å². The lowest BCUT2D eigenvalue weighted by Crippen LogP contribution is -2.26. The van der Waals surface area contributed by atoms with E-state index in [1.807, 2.05) is 6.92 Å². The third kappa shape index (κ3) is 8.31. The van der Waals surface area contributed by atoms with Crippen molar-refractivity contribution in [2.75, 3.05) is 26.8 Å². The Balaban J connectivity index is 3.60. The second kappa shape index (κ2) is 7.06. The lowest BCUT2D eigenvalue weighted by molar-refractivity contribution is -0.176. The van der Waals surface area contributed by atoms with Gasteiger partial charge in [0.2, 0.25) is 0 Å². The Bertz CT molecular complexity index is 133. The fourth-order valence-corrected chi connectivity index (χ4v) is 1.28. The van der Waals surface area contributed by atoms with Crippen LogP contribution in [0.3, 0.4) is 0 Å². The Kier molecular flexibility index (Phi) is 6.92. The van der Waals surface area contributed by atoms with Gasteiger partial charge in [-0.05, 0) is 25.9 Å². The van der Waals surface area contributed by atoms with E-state index in [1.54, 1.807) is 7.05 Å². The zero-order chi connectivity index (χ0) is 11.0. The number of nitrogens with one attached hydrogen (secondary N) is 1. The maximum atomic E-state index is 11.7. The van der Waals surface area contributed by atoms with E-state index >= 15 is 0 Å². The summed E-state index contributed by atoms with van der Waals surface area (Å²) in [6, 6.07) is 0. The standard InChI is InChI=1S/C9H18F3NO/c1-3-4-8(5-13-2)6-14-7-9(10,11)12/h8,13H,3-7H2,1-2H3. The molecule has 0 aromatic carbocycles. The van der Waals surface area contributed by atoms with Crippen molar-refractivity contribution < 1.29 is 17.9 Å². The van der Waals surface area contributed by atoms with E-state index in [1.165, 1.54) is 0 Å². The van der Waals surface area contributed by atoms with Gasteiger partial charge in [0.25, 0.3) is 0 Å². The quantitative estimate of drug-likeness (QED) is 0.700. The molecule has 0 aliphatic rings. The molecule has 0 amide bonds. The Labute approximate surface area is 82.8 Å². The first kappa shape index (κ1) is 13.7. The Morgan fingerprint density at radius 3 is 2.43 bits per heavy atom. The average molecular weight is 213 g/mol. The monoisotopic (exact) mass is 213 g/mol. The highest BCUT2D eigenvalue weighted by Crippen LogP contribution is 2.15. The van der Waals surface area contributed by atoms with Crippen molar-refractivity contribution in [2.45, 2.75) is 25.9 Å². The molecule has 0 aromatic rings. The molecular formula is C9H18F3NO. The second-order valence-electron chi connectivity index (χ2n) is 3.34. The number of alkyl halides is 3. The highest BCUT2D eigenvalue weighted by atomic mass is 19.4. The molecule has 0 aromatic heterocycles. The fraction of sp³-hybridized carbons (Fsp3) is 1.00. The molecule has 0 rings (SSSR count). The minimum Gasteiger partial charge on any atom is -0.372 e. The molecule has 0 radical (unpaired) electrons. The van der Waals surface area contributed by atoms with Crippen LogP contribution in [-0.2, 0) is 4.74 Å².